The molecule has 3 aliphatic heterocycles. The van der Waals surface area contributed by atoms with Gasteiger partial charge in [0, 0.05) is 65.4 Å². The van der Waals surface area contributed by atoms with Gasteiger partial charge in [-0.1, -0.05) is 103 Å². The Morgan fingerprint density at radius 3 is 1.24 bits per heavy atom. The first-order chi connectivity index (χ1) is 51.2. The Morgan fingerprint density at radius 1 is 0.431 bits per heavy atom. The second-order valence-corrected chi connectivity index (χ2v) is 32.3. The van der Waals surface area contributed by atoms with Gasteiger partial charge in [-0.05, 0) is 138 Å². The van der Waals surface area contributed by atoms with Gasteiger partial charge in [0.1, 0.15) is 42.3 Å². The smallest absolute Gasteiger partial charge is 0.245 e. The molecule has 0 aromatic carbocycles. The summed E-state index contributed by atoms with van der Waals surface area (Å²) in [4.78, 5) is 206. The zero-order valence-corrected chi connectivity index (χ0v) is 67.9. The molecule has 3 rings (SSSR count). The monoisotopic (exact) mass is 1540 g/mol. The van der Waals surface area contributed by atoms with Crippen molar-refractivity contribution in [3.63, 3.8) is 0 Å². The minimum Gasteiger partial charge on any atom is -0.370 e. The number of nitrogens with two attached hydrogens (primary N) is 7. The lowest BCUT2D eigenvalue weighted by molar-refractivity contribution is -0.151. The Morgan fingerprint density at radius 2 is 0.817 bits per heavy atom. The summed E-state index contributed by atoms with van der Waals surface area (Å²) in [6.45, 7) is 25.9. The highest BCUT2D eigenvalue weighted by molar-refractivity contribution is 5.98. The van der Waals surface area contributed by atoms with E-state index in [4.69, 9.17) is 40.1 Å². The summed E-state index contributed by atoms with van der Waals surface area (Å²) < 4.78 is 0. The third-order valence-electron chi connectivity index (χ3n) is 19.4. The molecule has 34 nitrogen and oxygen atoms in total. The number of carbonyl (C=O) groups excluding carboxylic acids is 13. The number of aliphatic imine (C=N–C) groups is 2. The molecule has 0 radical (unpaired) electrons. The number of rotatable bonds is 48. The maximum Gasteiger partial charge on any atom is 0.245 e. The molecule has 0 aromatic heterocycles. The van der Waals surface area contributed by atoms with Crippen LogP contribution in [0.3, 0.4) is 0 Å². The van der Waals surface area contributed by atoms with Gasteiger partial charge in [-0.3, -0.25) is 72.3 Å². The molecule has 18 N–H and O–H groups in total. The second-order valence-electron chi connectivity index (χ2n) is 32.3. The van der Waals surface area contributed by atoms with Crippen LogP contribution < -0.4 is 61.4 Å². The number of primary amides is 1. The molecule has 3 aliphatic rings. The number of carbonyl (C=O) groups is 13. The predicted molar refractivity (Wildman–Crippen MR) is 418 cm³/mol. The van der Waals surface area contributed by atoms with Crippen LogP contribution in [0.1, 0.15) is 193 Å². The van der Waals surface area contributed by atoms with Gasteiger partial charge in [0.15, 0.2) is 11.9 Å². The Hall–Kier alpha value is -8.43. The van der Waals surface area contributed by atoms with E-state index in [1.165, 1.54) is 39.2 Å². The van der Waals surface area contributed by atoms with Gasteiger partial charge in [0.05, 0.1) is 38.8 Å². The molecular formula is C75H137N21O13. The summed E-state index contributed by atoms with van der Waals surface area (Å²) in [5.74, 6) is -8.52. The summed E-state index contributed by atoms with van der Waals surface area (Å²) in [5.41, 5.74) is 39.8. The predicted octanol–water partition coefficient (Wildman–Crippen LogP) is -0.537. The van der Waals surface area contributed by atoms with Crippen LogP contribution in [-0.2, 0) is 62.3 Å². The molecule has 0 spiro atoms. The lowest BCUT2D eigenvalue weighted by atomic mass is 9.97. The van der Waals surface area contributed by atoms with Crippen LogP contribution in [0, 0.1) is 41.4 Å². The molecule has 109 heavy (non-hydrogen) atoms. The highest BCUT2D eigenvalue weighted by Gasteiger charge is 2.44. The Bertz CT molecular complexity index is 3070. The summed E-state index contributed by atoms with van der Waals surface area (Å²) in [5, 5.41) is 11.1. The number of amides is 13. The highest BCUT2D eigenvalue weighted by atomic mass is 16.2. The zero-order valence-electron chi connectivity index (χ0n) is 67.9. The van der Waals surface area contributed by atoms with Crippen molar-refractivity contribution in [2.45, 2.75) is 242 Å². The topological polar surface area (TPSA) is 503 Å². The van der Waals surface area contributed by atoms with Gasteiger partial charge in [-0.2, -0.15) is 0 Å². The van der Waals surface area contributed by atoms with E-state index >= 15 is 9.59 Å². The summed E-state index contributed by atoms with van der Waals surface area (Å²) in [6, 6.07) is -8.23. The van der Waals surface area contributed by atoms with Crippen molar-refractivity contribution >= 4 is 88.7 Å². The van der Waals surface area contributed by atoms with Gasteiger partial charge in [-0.15, -0.1) is 0 Å². The van der Waals surface area contributed by atoms with E-state index in [2.05, 4.69) is 31.3 Å². The number of unbranched alkanes of at least 4 members (excludes halogenated alkanes) is 1. The molecule has 0 aromatic rings. The average molecular weight is 1540 g/mol. The number of nitrogens with one attached hydrogen (secondary N) is 4. The van der Waals surface area contributed by atoms with Gasteiger partial charge < -0.3 is 101 Å². The first-order valence-electron chi connectivity index (χ1n) is 39.6. The third-order valence-corrected chi connectivity index (χ3v) is 19.4. The standard InChI is InChI=1S/C75H137N21O13/c1-15-52(14)65(77)68(104)88-56(35-46(2)3)70(106)96-34-22-28-59(96)73(109)91(38-49(8)9)42-61(98)86-55(23-16-17-29-76)69(105)92(39-50(10)11)45-64(101)95-33-21-27-58(95)72(108)93(40-51(12)13)43-62(99)89(36-47(4)5)44-63(100)94-32-20-26-57(94)71(107)90(37-48(6)7)41-60(97)85-54(25-19-31-84-75(81)82)67(103)87-53(66(78)102)24-18-30-83-74(79)80/h46-59,65H,15-45,76-77H2,1-14H3,(H2,78,102)(H,85,97)(H,86,98)(H,87,103)(H,88,104)(H4,79,80,83)(H4,81,82,84)/t52-,53-,54-,55-,56-,57-,58-,59-,65-/m0/s1. The first-order valence-corrected chi connectivity index (χ1v) is 39.6. The second kappa shape index (κ2) is 47.6. The molecule has 13 amide bonds. The quantitative estimate of drug-likeness (QED) is 0.0207. The van der Waals surface area contributed by atoms with E-state index in [9.17, 15) is 52.7 Å². The van der Waals surface area contributed by atoms with E-state index < -0.39 is 158 Å². The molecule has 3 heterocycles. The molecular weight excluding hydrogens is 1400 g/mol. The molecule has 9 atom stereocenters. The fraction of sp³-hybridized carbons (Fsp3) is 0.800. The minimum atomic E-state index is -1.22. The molecule has 34 heteroatoms. The zero-order chi connectivity index (χ0) is 82.1. The molecule has 0 saturated carbocycles. The number of guanidine groups is 2. The van der Waals surface area contributed by atoms with E-state index in [0.717, 1.165) is 0 Å². The molecule has 0 bridgehead atoms. The Balaban J connectivity index is 1.87. The normalized spacial score (nSPS) is 17.3. The fourth-order valence-corrected chi connectivity index (χ4v) is 14.0. The third kappa shape index (κ3) is 32.6. The van der Waals surface area contributed by atoms with Gasteiger partial charge >= 0.3 is 0 Å². The van der Waals surface area contributed by atoms with Crippen LogP contribution in [0.15, 0.2) is 9.98 Å². The number of nitrogens with zero attached hydrogens (tertiary/aromatic N) is 10. The Labute approximate surface area is 646 Å². The molecule has 0 unspecified atom stereocenters. The maximum absolute atomic E-state index is 15.1. The van der Waals surface area contributed by atoms with Crippen LogP contribution >= 0.6 is 0 Å². The number of hydrogen-bond donors (Lipinski definition) is 11. The van der Waals surface area contributed by atoms with Gasteiger partial charge in [-0.25, -0.2) is 0 Å². The van der Waals surface area contributed by atoms with Crippen molar-refractivity contribution in [2.75, 3.05) is 105 Å². The number of hydrogen-bond acceptors (Lipinski definition) is 17. The van der Waals surface area contributed by atoms with E-state index in [1.807, 2.05) is 96.9 Å². The highest BCUT2D eigenvalue weighted by Crippen LogP contribution is 2.26. The minimum absolute atomic E-state index is 0.0109. The van der Waals surface area contributed by atoms with Gasteiger partial charge in [0.2, 0.25) is 76.8 Å². The van der Waals surface area contributed by atoms with Crippen LogP contribution in [0.25, 0.3) is 0 Å². The van der Waals surface area contributed by atoms with Gasteiger partial charge in [0.25, 0.3) is 0 Å². The van der Waals surface area contributed by atoms with Crippen molar-refractivity contribution in [2.24, 2.45) is 91.5 Å². The fourth-order valence-electron chi connectivity index (χ4n) is 14.0. The van der Waals surface area contributed by atoms with Crippen LogP contribution in [0.5, 0.6) is 0 Å². The summed E-state index contributed by atoms with van der Waals surface area (Å²) in [7, 11) is 0. The van der Waals surface area contributed by atoms with Crippen molar-refractivity contribution in [3.05, 3.63) is 0 Å². The lowest BCUT2D eigenvalue weighted by Crippen LogP contribution is -2.58. The Kier molecular flexibility index (Phi) is 41.4. The summed E-state index contributed by atoms with van der Waals surface area (Å²) >= 11 is 0. The molecule has 0 aliphatic carbocycles. The van der Waals surface area contributed by atoms with Crippen molar-refractivity contribution in [1.82, 2.24) is 60.5 Å². The van der Waals surface area contributed by atoms with E-state index in [-0.39, 0.29) is 164 Å². The maximum atomic E-state index is 15.1. The molecule has 3 fully saturated rings. The molecule has 3 saturated heterocycles. The number of likely N-dealkylation sites (tertiary alicyclic amines) is 3. The van der Waals surface area contributed by atoms with Crippen molar-refractivity contribution in [1.29, 1.82) is 0 Å². The lowest BCUT2D eigenvalue weighted by Gasteiger charge is -2.35. The first kappa shape index (κ1) is 94.8. The van der Waals surface area contributed by atoms with Crippen LogP contribution in [0.4, 0.5) is 0 Å². The average Bonchev–Trinajstić information content (AvgIpc) is 1.74. The van der Waals surface area contributed by atoms with Crippen LogP contribution in [-0.4, -0.2) is 281 Å². The van der Waals surface area contributed by atoms with Crippen molar-refractivity contribution < 1.29 is 62.3 Å². The largest absolute Gasteiger partial charge is 0.370 e. The van der Waals surface area contributed by atoms with Crippen molar-refractivity contribution in [3.8, 4) is 0 Å². The summed E-state index contributed by atoms with van der Waals surface area (Å²) in [6.07, 6.45) is 4.95. The SMILES string of the molecule is CC[C@H](C)[C@H](N)C(=O)N[C@@H](CC(C)C)C(=O)N1CCC[C@H]1C(=O)N(CC(=O)N[C@@H](CCCCN)C(=O)N(CC(=O)N1CCC[C@H]1C(=O)N(CC(=O)N(CC(=O)N1CCC[C@H]1C(=O)N(CC(=O)N[C@@H](CCCN=C(N)N)C(=O)N[C@@H](CCCN=C(N)N)C(N)=O)CC(C)C)CC(C)C)CC(C)C)CC(C)C)CC(C)C. The van der Waals surface area contributed by atoms with Crippen LogP contribution in [0.2, 0.25) is 0 Å². The van der Waals surface area contributed by atoms with E-state index in [1.54, 1.807) is 0 Å². The van der Waals surface area contributed by atoms with E-state index in [0.29, 0.717) is 57.9 Å². The molecule has 620 valence electrons.